The summed E-state index contributed by atoms with van der Waals surface area (Å²) in [7, 11) is -7.26. The SMILES string of the molecule is Cc1cc(NS(=O)(=O)CCNS(=O)(=O)CCc2ccccc2)no1. The van der Waals surface area contributed by atoms with Gasteiger partial charge in [-0.3, -0.25) is 4.72 Å². The van der Waals surface area contributed by atoms with Gasteiger partial charge in [0.2, 0.25) is 20.0 Å². The minimum absolute atomic E-state index is 0.0689. The fraction of sp³-hybridized carbons (Fsp3) is 0.357. The van der Waals surface area contributed by atoms with Crippen LogP contribution in [-0.2, 0) is 26.5 Å². The normalized spacial score (nSPS) is 12.2. The summed E-state index contributed by atoms with van der Waals surface area (Å²) >= 11 is 0. The van der Waals surface area contributed by atoms with E-state index in [1.165, 1.54) is 6.07 Å². The molecular weight excluding hydrogens is 354 g/mol. The second-order valence-corrected chi connectivity index (χ2v) is 8.96. The molecule has 0 atom stereocenters. The van der Waals surface area contributed by atoms with Gasteiger partial charge in [-0.05, 0) is 18.9 Å². The van der Waals surface area contributed by atoms with E-state index in [2.05, 4.69) is 14.6 Å². The van der Waals surface area contributed by atoms with Crippen molar-refractivity contribution in [3.05, 3.63) is 47.7 Å². The lowest BCUT2D eigenvalue weighted by atomic mass is 10.2. The second-order valence-electron chi connectivity index (χ2n) is 5.19. The van der Waals surface area contributed by atoms with Crippen molar-refractivity contribution in [2.75, 3.05) is 22.8 Å². The maximum absolute atomic E-state index is 11.9. The molecule has 2 aromatic rings. The number of anilines is 1. The smallest absolute Gasteiger partial charge is 0.235 e. The van der Waals surface area contributed by atoms with Crippen LogP contribution in [0.15, 0.2) is 40.9 Å². The van der Waals surface area contributed by atoms with Crippen LogP contribution in [0.2, 0.25) is 0 Å². The van der Waals surface area contributed by atoms with Gasteiger partial charge in [0.25, 0.3) is 0 Å². The summed E-state index contributed by atoms with van der Waals surface area (Å²) in [5.41, 5.74) is 0.901. The number of sulfonamides is 2. The van der Waals surface area contributed by atoms with Gasteiger partial charge in [0.05, 0.1) is 11.5 Å². The summed E-state index contributed by atoms with van der Waals surface area (Å²) in [6, 6.07) is 10.6. The van der Waals surface area contributed by atoms with Crippen molar-refractivity contribution >= 4 is 25.9 Å². The van der Waals surface area contributed by atoms with Gasteiger partial charge >= 0.3 is 0 Å². The standard InChI is InChI=1S/C14H19N3O5S2/c1-12-11-14(16-22-12)17-24(20,21)10-8-15-23(18,19)9-7-13-5-3-2-4-6-13/h2-6,11,15H,7-10H2,1H3,(H,16,17). The van der Waals surface area contributed by atoms with E-state index in [0.29, 0.717) is 12.2 Å². The number of rotatable bonds is 9. The molecule has 0 aliphatic heterocycles. The van der Waals surface area contributed by atoms with Crippen LogP contribution in [0.3, 0.4) is 0 Å². The van der Waals surface area contributed by atoms with Gasteiger partial charge in [0, 0.05) is 12.6 Å². The van der Waals surface area contributed by atoms with E-state index >= 15 is 0 Å². The maximum atomic E-state index is 11.9. The summed E-state index contributed by atoms with van der Waals surface area (Å²) in [6.07, 6.45) is 0.361. The quantitative estimate of drug-likeness (QED) is 0.674. The van der Waals surface area contributed by atoms with Crippen molar-refractivity contribution in [3.8, 4) is 0 Å². The topological polar surface area (TPSA) is 118 Å². The van der Waals surface area contributed by atoms with Gasteiger partial charge in [-0.2, -0.15) is 0 Å². The molecule has 0 bridgehead atoms. The van der Waals surface area contributed by atoms with Crippen molar-refractivity contribution < 1.29 is 21.4 Å². The highest BCUT2D eigenvalue weighted by Gasteiger charge is 2.16. The molecule has 0 aliphatic carbocycles. The predicted molar refractivity (Wildman–Crippen MR) is 90.6 cm³/mol. The number of hydrogen-bond donors (Lipinski definition) is 2. The number of aryl methyl sites for hydroxylation is 2. The van der Waals surface area contributed by atoms with E-state index in [1.54, 1.807) is 6.92 Å². The molecule has 2 rings (SSSR count). The highest BCUT2D eigenvalue weighted by Crippen LogP contribution is 2.09. The Hall–Kier alpha value is -1.91. The van der Waals surface area contributed by atoms with Crippen LogP contribution in [0.4, 0.5) is 5.82 Å². The third-order valence-electron chi connectivity index (χ3n) is 3.08. The molecule has 1 heterocycles. The zero-order valence-corrected chi connectivity index (χ0v) is 14.7. The van der Waals surface area contributed by atoms with E-state index in [9.17, 15) is 16.8 Å². The van der Waals surface area contributed by atoms with E-state index in [4.69, 9.17) is 4.52 Å². The Morgan fingerprint density at radius 2 is 1.75 bits per heavy atom. The number of nitrogens with one attached hydrogen (secondary N) is 2. The number of hydrogen-bond acceptors (Lipinski definition) is 6. The molecule has 2 N–H and O–H groups in total. The van der Waals surface area contributed by atoms with E-state index < -0.39 is 25.8 Å². The van der Waals surface area contributed by atoms with Crippen LogP contribution in [-0.4, -0.2) is 40.0 Å². The Bertz CT molecular complexity index is 861. The Balaban J connectivity index is 1.79. The van der Waals surface area contributed by atoms with E-state index in [-0.39, 0.29) is 18.1 Å². The maximum Gasteiger partial charge on any atom is 0.235 e. The molecule has 0 aliphatic rings. The van der Waals surface area contributed by atoms with Gasteiger partial charge < -0.3 is 4.52 Å². The number of nitrogens with zero attached hydrogens (tertiary/aromatic N) is 1. The zero-order valence-electron chi connectivity index (χ0n) is 13.1. The third-order valence-corrected chi connectivity index (χ3v) is 5.73. The average molecular weight is 373 g/mol. The molecule has 0 unspecified atom stereocenters. The molecule has 0 radical (unpaired) electrons. The van der Waals surface area contributed by atoms with Gasteiger partial charge in [-0.25, -0.2) is 21.6 Å². The predicted octanol–water partition coefficient (Wildman–Crippen LogP) is 0.887. The van der Waals surface area contributed by atoms with Gasteiger partial charge in [-0.1, -0.05) is 35.5 Å². The lowest BCUT2D eigenvalue weighted by Crippen LogP contribution is -2.33. The van der Waals surface area contributed by atoms with Crippen molar-refractivity contribution in [3.63, 3.8) is 0 Å². The van der Waals surface area contributed by atoms with Crippen molar-refractivity contribution in [2.24, 2.45) is 0 Å². The fourth-order valence-corrected chi connectivity index (χ4v) is 4.00. The molecule has 0 amide bonds. The van der Waals surface area contributed by atoms with Crippen LogP contribution in [0.5, 0.6) is 0 Å². The summed E-state index contributed by atoms with van der Waals surface area (Å²) in [5.74, 6) is 0.0324. The first-order chi connectivity index (χ1) is 11.3. The molecule has 1 aromatic heterocycles. The number of benzene rings is 1. The van der Waals surface area contributed by atoms with E-state index in [0.717, 1.165) is 5.56 Å². The van der Waals surface area contributed by atoms with Crippen LogP contribution < -0.4 is 9.44 Å². The first kappa shape index (κ1) is 18.4. The lowest BCUT2D eigenvalue weighted by Gasteiger charge is -2.08. The summed E-state index contributed by atoms with van der Waals surface area (Å²) in [4.78, 5) is 0. The molecule has 24 heavy (non-hydrogen) atoms. The zero-order chi connectivity index (χ0) is 17.6. The monoisotopic (exact) mass is 373 g/mol. The van der Waals surface area contributed by atoms with Gasteiger partial charge in [-0.15, -0.1) is 0 Å². The first-order valence-corrected chi connectivity index (χ1v) is 10.5. The molecule has 0 saturated carbocycles. The van der Waals surface area contributed by atoms with Crippen LogP contribution in [0, 0.1) is 6.92 Å². The van der Waals surface area contributed by atoms with Gasteiger partial charge in [0.15, 0.2) is 5.82 Å². The Morgan fingerprint density at radius 3 is 2.38 bits per heavy atom. The summed E-state index contributed by atoms with van der Waals surface area (Å²) < 4.78 is 56.7. The summed E-state index contributed by atoms with van der Waals surface area (Å²) in [6.45, 7) is 1.41. The average Bonchev–Trinajstić information content (AvgIpc) is 2.90. The fourth-order valence-electron chi connectivity index (χ4n) is 1.93. The minimum Gasteiger partial charge on any atom is -0.360 e. The number of aromatic nitrogens is 1. The largest absolute Gasteiger partial charge is 0.360 e. The Morgan fingerprint density at radius 1 is 1.04 bits per heavy atom. The Kier molecular flexibility index (Phi) is 5.97. The van der Waals surface area contributed by atoms with Crippen LogP contribution >= 0.6 is 0 Å². The van der Waals surface area contributed by atoms with Crippen molar-refractivity contribution in [1.82, 2.24) is 9.88 Å². The third kappa shape index (κ3) is 6.30. The van der Waals surface area contributed by atoms with Crippen molar-refractivity contribution in [2.45, 2.75) is 13.3 Å². The minimum atomic E-state index is -3.71. The molecule has 10 heteroatoms. The molecule has 0 spiro atoms. The first-order valence-electron chi connectivity index (χ1n) is 7.21. The van der Waals surface area contributed by atoms with Gasteiger partial charge in [0.1, 0.15) is 5.76 Å². The molecule has 0 saturated heterocycles. The molecule has 8 nitrogen and oxygen atoms in total. The van der Waals surface area contributed by atoms with Crippen molar-refractivity contribution in [1.29, 1.82) is 0 Å². The van der Waals surface area contributed by atoms with Crippen LogP contribution in [0.1, 0.15) is 11.3 Å². The van der Waals surface area contributed by atoms with E-state index in [1.807, 2.05) is 30.3 Å². The summed E-state index contributed by atoms with van der Waals surface area (Å²) in [5, 5.41) is 3.52. The molecule has 1 aromatic carbocycles. The highest BCUT2D eigenvalue weighted by molar-refractivity contribution is 7.92. The Labute approximate surface area is 141 Å². The lowest BCUT2D eigenvalue weighted by molar-refractivity contribution is 0.400. The second kappa shape index (κ2) is 7.77. The molecular formula is C14H19N3O5S2. The highest BCUT2D eigenvalue weighted by atomic mass is 32.2. The molecule has 0 fully saturated rings. The molecule has 132 valence electrons. The van der Waals surface area contributed by atoms with Crippen LogP contribution in [0.25, 0.3) is 0 Å².